The van der Waals surface area contributed by atoms with Crippen LogP contribution in [0.25, 0.3) is 11.4 Å². The van der Waals surface area contributed by atoms with Crippen LogP contribution in [0, 0.1) is 17.1 Å². The molecule has 0 saturated heterocycles. The van der Waals surface area contributed by atoms with E-state index in [0.29, 0.717) is 17.3 Å². The molecule has 2 aromatic heterocycles. The molecule has 0 aliphatic carbocycles. The second-order valence-electron chi connectivity index (χ2n) is 5.72. The van der Waals surface area contributed by atoms with Gasteiger partial charge in [-0.15, -0.1) is 0 Å². The number of nitriles is 1. The van der Waals surface area contributed by atoms with Gasteiger partial charge in [0, 0.05) is 12.2 Å². The topological polar surface area (TPSA) is 99.4 Å². The van der Waals surface area contributed by atoms with E-state index >= 15 is 0 Å². The number of hydrogen-bond donors (Lipinski definition) is 2. The Labute approximate surface area is 150 Å². The summed E-state index contributed by atoms with van der Waals surface area (Å²) in [6.07, 6.45) is 1.55. The minimum atomic E-state index is -0.435. The van der Waals surface area contributed by atoms with Crippen molar-refractivity contribution < 1.29 is 4.39 Å². The van der Waals surface area contributed by atoms with Crippen molar-refractivity contribution in [2.24, 2.45) is 0 Å². The van der Waals surface area contributed by atoms with Gasteiger partial charge in [-0.05, 0) is 38.1 Å². The molecule has 8 heteroatoms. The molecule has 0 bridgehead atoms. The van der Waals surface area contributed by atoms with Gasteiger partial charge in [0.2, 0.25) is 11.9 Å². The van der Waals surface area contributed by atoms with Gasteiger partial charge in [0.15, 0.2) is 11.6 Å². The van der Waals surface area contributed by atoms with Crippen molar-refractivity contribution in [3.8, 4) is 17.5 Å². The Morgan fingerprint density at radius 3 is 2.54 bits per heavy atom. The van der Waals surface area contributed by atoms with Crippen molar-refractivity contribution >= 4 is 17.7 Å². The summed E-state index contributed by atoms with van der Waals surface area (Å²) in [5.41, 5.74) is 0.602. The van der Waals surface area contributed by atoms with Crippen LogP contribution in [0.1, 0.15) is 19.4 Å². The van der Waals surface area contributed by atoms with Gasteiger partial charge in [-0.2, -0.15) is 20.2 Å². The predicted molar refractivity (Wildman–Crippen MR) is 96.2 cm³/mol. The van der Waals surface area contributed by atoms with Crippen molar-refractivity contribution in [3.05, 3.63) is 54.0 Å². The van der Waals surface area contributed by atoms with Crippen LogP contribution in [-0.4, -0.2) is 26.0 Å². The summed E-state index contributed by atoms with van der Waals surface area (Å²) in [5.74, 6) is 0.520. The third-order valence-electron chi connectivity index (χ3n) is 3.33. The molecule has 1 aromatic carbocycles. The number of pyridine rings is 1. The molecule has 0 amide bonds. The lowest BCUT2D eigenvalue weighted by Crippen LogP contribution is -2.15. The van der Waals surface area contributed by atoms with Gasteiger partial charge in [-0.1, -0.05) is 12.1 Å². The molecular formula is C18H16FN7. The highest BCUT2D eigenvalue weighted by Gasteiger charge is 2.14. The maximum Gasteiger partial charge on any atom is 0.233 e. The number of anilines is 3. The molecule has 3 rings (SSSR count). The van der Waals surface area contributed by atoms with Crippen LogP contribution < -0.4 is 10.6 Å². The molecule has 0 aliphatic heterocycles. The fourth-order valence-corrected chi connectivity index (χ4v) is 2.22. The fourth-order valence-electron chi connectivity index (χ4n) is 2.22. The molecule has 7 nitrogen and oxygen atoms in total. The first-order valence-electron chi connectivity index (χ1n) is 7.96. The molecule has 130 valence electrons. The number of benzene rings is 1. The first-order chi connectivity index (χ1) is 12.6. The molecule has 0 aliphatic rings. The Hall–Kier alpha value is -3.60. The molecule has 2 N–H and O–H groups in total. The maximum absolute atomic E-state index is 14.2. The van der Waals surface area contributed by atoms with Crippen LogP contribution in [0.15, 0.2) is 42.6 Å². The molecule has 0 unspecified atom stereocenters. The summed E-state index contributed by atoms with van der Waals surface area (Å²) in [6.45, 7) is 3.87. The number of rotatable bonds is 5. The van der Waals surface area contributed by atoms with E-state index in [4.69, 9.17) is 0 Å². The Morgan fingerprint density at radius 2 is 1.81 bits per heavy atom. The van der Waals surface area contributed by atoms with Crippen LogP contribution in [0.5, 0.6) is 0 Å². The quantitative estimate of drug-likeness (QED) is 0.727. The van der Waals surface area contributed by atoms with Gasteiger partial charge in [0.05, 0.1) is 11.1 Å². The smallest absolute Gasteiger partial charge is 0.233 e. The number of halogens is 1. The number of nitrogens with zero attached hydrogens (tertiary/aromatic N) is 5. The monoisotopic (exact) mass is 349 g/mol. The third kappa shape index (κ3) is 3.89. The van der Waals surface area contributed by atoms with Crippen molar-refractivity contribution in [1.29, 1.82) is 5.26 Å². The fraction of sp³-hybridized carbons (Fsp3) is 0.167. The van der Waals surface area contributed by atoms with Crippen LogP contribution in [0.3, 0.4) is 0 Å². The first kappa shape index (κ1) is 17.2. The summed E-state index contributed by atoms with van der Waals surface area (Å²) < 4.78 is 14.2. The van der Waals surface area contributed by atoms with E-state index in [0.717, 1.165) is 0 Å². The van der Waals surface area contributed by atoms with Crippen LogP contribution >= 0.6 is 0 Å². The van der Waals surface area contributed by atoms with Crippen molar-refractivity contribution in [2.75, 3.05) is 10.6 Å². The van der Waals surface area contributed by atoms with E-state index in [1.165, 1.54) is 6.07 Å². The number of aromatic nitrogens is 4. The summed E-state index contributed by atoms with van der Waals surface area (Å²) in [7, 11) is 0. The van der Waals surface area contributed by atoms with Gasteiger partial charge >= 0.3 is 0 Å². The molecule has 3 aromatic rings. The molecule has 0 atom stereocenters. The number of hydrogen-bond acceptors (Lipinski definition) is 7. The Kier molecular flexibility index (Phi) is 4.99. The van der Waals surface area contributed by atoms with Crippen LogP contribution in [0.2, 0.25) is 0 Å². The predicted octanol–water partition coefficient (Wildman–Crippen LogP) is 3.51. The summed E-state index contributed by atoms with van der Waals surface area (Å²) >= 11 is 0. The van der Waals surface area contributed by atoms with E-state index in [-0.39, 0.29) is 23.4 Å². The average Bonchev–Trinajstić information content (AvgIpc) is 2.62. The van der Waals surface area contributed by atoms with Crippen molar-refractivity contribution in [3.63, 3.8) is 0 Å². The Bertz CT molecular complexity index is 966. The second kappa shape index (κ2) is 7.53. The molecular weight excluding hydrogens is 333 g/mol. The largest absolute Gasteiger partial charge is 0.352 e. The Morgan fingerprint density at radius 1 is 1.04 bits per heavy atom. The Balaban J connectivity index is 2.06. The van der Waals surface area contributed by atoms with Crippen molar-refractivity contribution in [2.45, 2.75) is 19.9 Å². The third-order valence-corrected chi connectivity index (χ3v) is 3.33. The lowest BCUT2D eigenvalue weighted by atomic mass is 10.2. The zero-order valence-corrected chi connectivity index (χ0v) is 14.2. The standard InChI is InChI=1S/C18H16FN7/c1-11(2)22-17-24-16(13-7-3-4-8-14(13)19)25-18(26-17)23-15-12(10-20)6-5-9-21-15/h3-9,11H,1-2H3,(H2,21,22,23,24,25,26). The van der Waals surface area contributed by atoms with E-state index in [1.807, 2.05) is 19.9 Å². The van der Waals surface area contributed by atoms with E-state index in [9.17, 15) is 9.65 Å². The highest BCUT2D eigenvalue weighted by molar-refractivity contribution is 5.62. The second-order valence-corrected chi connectivity index (χ2v) is 5.72. The van der Waals surface area contributed by atoms with E-state index in [2.05, 4.69) is 30.6 Å². The summed E-state index contributed by atoms with van der Waals surface area (Å²) in [5, 5.41) is 15.2. The van der Waals surface area contributed by atoms with Gasteiger partial charge in [0.25, 0.3) is 0 Å². The molecule has 2 heterocycles. The zero-order chi connectivity index (χ0) is 18.5. The molecule has 26 heavy (non-hydrogen) atoms. The normalized spacial score (nSPS) is 10.4. The highest BCUT2D eigenvalue weighted by Crippen LogP contribution is 2.23. The SMILES string of the molecule is CC(C)Nc1nc(Nc2ncccc2C#N)nc(-c2ccccc2F)n1. The van der Waals surface area contributed by atoms with Crippen molar-refractivity contribution in [1.82, 2.24) is 19.9 Å². The van der Waals surface area contributed by atoms with Gasteiger partial charge in [0.1, 0.15) is 11.9 Å². The summed E-state index contributed by atoms with van der Waals surface area (Å²) in [6, 6.07) is 11.6. The van der Waals surface area contributed by atoms with Gasteiger partial charge in [-0.3, -0.25) is 0 Å². The van der Waals surface area contributed by atoms with Gasteiger partial charge in [-0.25, -0.2) is 9.37 Å². The zero-order valence-electron chi connectivity index (χ0n) is 14.2. The molecule has 0 saturated carbocycles. The maximum atomic E-state index is 14.2. The van der Waals surface area contributed by atoms with E-state index in [1.54, 1.807) is 36.5 Å². The minimum absolute atomic E-state index is 0.0724. The minimum Gasteiger partial charge on any atom is -0.352 e. The molecule has 0 radical (unpaired) electrons. The highest BCUT2D eigenvalue weighted by atomic mass is 19.1. The lowest BCUT2D eigenvalue weighted by molar-refractivity contribution is 0.630. The van der Waals surface area contributed by atoms with Gasteiger partial charge < -0.3 is 10.6 Å². The number of nitrogens with one attached hydrogen (secondary N) is 2. The van der Waals surface area contributed by atoms with E-state index < -0.39 is 5.82 Å². The van der Waals surface area contributed by atoms with Crippen LogP contribution in [-0.2, 0) is 0 Å². The van der Waals surface area contributed by atoms with Crippen LogP contribution in [0.4, 0.5) is 22.1 Å². The lowest BCUT2D eigenvalue weighted by Gasteiger charge is -2.12. The summed E-state index contributed by atoms with van der Waals surface area (Å²) in [4.78, 5) is 17.0. The molecule has 0 spiro atoms. The first-order valence-corrected chi connectivity index (χ1v) is 7.96. The average molecular weight is 349 g/mol. The molecule has 0 fully saturated rings.